The summed E-state index contributed by atoms with van der Waals surface area (Å²) in [6.07, 6.45) is 5.28. The summed E-state index contributed by atoms with van der Waals surface area (Å²) in [6.45, 7) is 8.65. The van der Waals surface area contributed by atoms with E-state index in [1.807, 2.05) is 18.3 Å². The van der Waals surface area contributed by atoms with Crippen molar-refractivity contribution in [2.75, 3.05) is 38.2 Å². The first-order valence-electron chi connectivity index (χ1n) is 10.5. The molecule has 30 heavy (non-hydrogen) atoms. The van der Waals surface area contributed by atoms with Gasteiger partial charge in [-0.2, -0.15) is 0 Å². The average molecular weight is 523 g/mol. The van der Waals surface area contributed by atoms with Crippen molar-refractivity contribution in [1.82, 2.24) is 15.6 Å². The van der Waals surface area contributed by atoms with Crippen LogP contribution in [0.2, 0.25) is 0 Å². The van der Waals surface area contributed by atoms with Crippen LogP contribution < -0.4 is 20.3 Å². The lowest BCUT2D eigenvalue weighted by Crippen LogP contribution is -2.38. The van der Waals surface area contributed by atoms with E-state index in [0.29, 0.717) is 6.54 Å². The fraction of sp³-hybridized carbons (Fsp3) is 0.478. The lowest BCUT2D eigenvalue weighted by atomic mass is 10.1. The van der Waals surface area contributed by atoms with E-state index >= 15 is 0 Å². The first-order valence-corrected chi connectivity index (χ1v) is 10.5. The highest BCUT2D eigenvalue weighted by molar-refractivity contribution is 14.0. The zero-order valence-corrected chi connectivity index (χ0v) is 20.6. The number of aliphatic imine (C=N–C) groups is 1. The van der Waals surface area contributed by atoms with Crippen LogP contribution in [0, 0.1) is 6.92 Å². The van der Waals surface area contributed by atoms with Crippen LogP contribution in [0.25, 0.3) is 0 Å². The summed E-state index contributed by atoms with van der Waals surface area (Å²) >= 11 is 0. The molecule has 2 heterocycles. The molecule has 1 saturated heterocycles. The highest BCUT2D eigenvalue weighted by Gasteiger charge is 2.13. The molecule has 1 aliphatic heterocycles. The number of aromatic nitrogens is 1. The largest absolute Gasteiger partial charge is 0.496 e. The molecule has 6 nitrogen and oxygen atoms in total. The number of pyridine rings is 1. The quantitative estimate of drug-likeness (QED) is 0.312. The summed E-state index contributed by atoms with van der Waals surface area (Å²) in [6, 6.07) is 10.5. The molecule has 2 N–H and O–H groups in total. The number of nitrogens with one attached hydrogen (secondary N) is 2. The summed E-state index contributed by atoms with van der Waals surface area (Å²) in [4.78, 5) is 11.6. The van der Waals surface area contributed by atoms with Gasteiger partial charge in [0, 0.05) is 32.4 Å². The Bertz CT molecular complexity index is 821. The van der Waals surface area contributed by atoms with Crippen molar-refractivity contribution in [2.45, 2.75) is 39.7 Å². The Labute approximate surface area is 197 Å². The van der Waals surface area contributed by atoms with Crippen LogP contribution in [0.15, 0.2) is 41.5 Å². The van der Waals surface area contributed by atoms with E-state index in [4.69, 9.17) is 9.73 Å². The van der Waals surface area contributed by atoms with E-state index in [0.717, 1.165) is 50.1 Å². The van der Waals surface area contributed by atoms with Gasteiger partial charge in [-0.1, -0.05) is 17.7 Å². The van der Waals surface area contributed by atoms with Crippen molar-refractivity contribution >= 4 is 35.8 Å². The van der Waals surface area contributed by atoms with Crippen LogP contribution >= 0.6 is 24.0 Å². The molecule has 0 amide bonds. The molecule has 0 bridgehead atoms. The van der Waals surface area contributed by atoms with Gasteiger partial charge in [-0.05, 0) is 62.4 Å². The second-order valence-corrected chi connectivity index (χ2v) is 7.40. The number of ether oxygens (including phenoxy) is 1. The third-order valence-electron chi connectivity index (χ3n) is 5.13. The van der Waals surface area contributed by atoms with Gasteiger partial charge in [0.2, 0.25) is 0 Å². The Kier molecular flexibility index (Phi) is 10.2. The summed E-state index contributed by atoms with van der Waals surface area (Å²) in [5.74, 6) is 2.84. The van der Waals surface area contributed by atoms with Crippen LogP contribution in [-0.2, 0) is 13.0 Å². The molecule has 2 aromatic rings. The third-order valence-corrected chi connectivity index (χ3v) is 5.13. The standard InChI is InChI=1S/C23H33N5O.HI/c1-4-24-23(26-12-10-20-15-18(2)7-8-21(20)29-3)27-17-19-9-11-25-22(16-19)28-13-5-6-14-28;/h7-9,11,15-16H,4-6,10,12-14,17H2,1-3H3,(H2,24,26,27);1H. The van der Waals surface area contributed by atoms with Crippen molar-refractivity contribution in [3.8, 4) is 5.75 Å². The second kappa shape index (κ2) is 12.6. The summed E-state index contributed by atoms with van der Waals surface area (Å²) < 4.78 is 5.48. The molecular formula is C23H34IN5O. The zero-order chi connectivity index (χ0) is 20.5. The summed E-state index contributed by atoms with van der Waals surface area (Å²) in [7, 11) is 1.72. The molecule has 0 saturated carbocycles. The van der Waals surface area contributed by atoms with Crippen molar-refractivity contribution in [3.05, 3.63) is 53.2 Å². The first kappa shape index (κ1) is 24.2. The van der Waals surface area contributed by atoms with Gasteiger partial charge in [0.05, 0.1) is 13.7 Å². The smallest absolute Gasteiger partial charge is 0.191 e. The average Bonchev–Trinajstić information content (AvgIpc) is 3.27. The maximum absolute atomic E-state index is 5.48. The van der Waals surface area contributed by atoms with E-state index < -0.39 is 0 Å². The van der Waals surface area contributed by atoms with Gasteiger partial charge in [-0.25, -0.2) is 9.98 Å². The third kappa shape index (κ3) is 7.04. The fourth-order valence-corrected chi connectivity index (χ4v) is 3.61. The molecule has 0 spiro atoms. The number of guanidine groups is 1. The lowest BCUT2D eigenvalue weighted by molar-refractivity contribution is 0.409. The van der Waals surface area contributed by atoms with Gasteiger partial charge in [-0.15, -0.1) is 24.0 Å². The first-order chi connectivity index (χ1) is 14.2. The molecule has 0 unspecified atom stereocenters. The summed E-state index contributed by atoms with van der Waals surface area (Å²) in [5, 5.41) is 6.77. The second-order valence-electron chi connectivity index (χ2n) is 7.40. The van der Waals surface area contributed by atoms with Crippen LogP contribution in [0.5, 0.6) is 5.75 Å². The molecule has 7 heteroatoms. The van der Waals surface area contributed by atoms with Crippen molar-refractivity contribution in [2.24, 2.45) is 4.99 Å². The Morgan fingerprint density at radius 1 is 1.17 bits per heavy atom. The lowest BCUT2D eigenvalue weighted by Gasteiger charge is -2.17. The topological polar surface area (TPSA) is 61.8 Å². The van der Waals surface area contributed by atoms with Crippen molar-refractivity contribution < 1.29 is 4.74 Å². The van der Waals surface area contributed by atoms with Gasteiger partial charge < -0.3 is 20.3 Å². The number of anilines is 1. The highest BCUT2D eigenvalue weighted by atomic mass is 127. The highest BCUT2D eigenvalue weighted by Crippen LogP contribution is 2.20. The predicted molar refractivity (Wildman–Crippen MR) is 135 cm³/mol. The van der Waals surface area contributed by atoms with Crippen LogP contribution in [0.4, 0.5) is 5.82 Å². The van der Waals surface area contributed by atoms with Gasteiger partial charge in [-0.3, -0.25) is 0 Å². The SMILES string of the molecule is CCNC(=NCc1ccnc(N2CCCC2)c1)NCCc1cc(C)ccc1OC.I. The zero-order valence-electron chi connectivity index (χ0n) is 18.3. The number of halogens is 1. The Balaban J connectivity index is 0.00000320. The Hall–Kier alpha value is -2.03. The van der Waals surface area contributed by atoms with Gasteiger partial charge in [0.15, 0.2) is 5.96 Å². The van der Waals surface area contributed by atoms with E-state index in [2.05, 4.69) is 52.6 Å². The number of hydrogen-bond donors (Lipinski definition) is 2. The molecule has 1 fully saturated rings. The predicted octanol–water partition coefficient (Wildman–Crippen LogP) is 3.91. The monoisotopic (exact) mass is 523 g/mol. The van der Waals surface area contributed by atoms with E-state index in [9.17, 15) is 0 Å². The molecular weight excluding hydrogens is 489 g/mol. The maximum atomic E-state index is 5.48. The minimum Gasteiger partial charge on any atom is -0.496 e. The number of benzene rings is 1. The maximum Gasteiger partial charge on any atom is 0.191 e. The van der Waals surface area contributed by atoms with Crippen LogP contribution in [0.3, 0.4) is 0 Å². The van der Waals surface area contributed by atoms with Gasteiger partial charge in [0.1, 0.15) is 11.6 Å². The van der Waals surface area contributed by atoms with E-state index in [-0.39, 0.29) is 24.0 Å². The Morgan fingerprint density at radius 2 is 1.97 bits per heavy atom. The van der Waals surface area contributed by atoms with Crippen LogP contribution in [0.1, 0.15) is 36.5 Å². The number of methoxy groups -OCH3 is 1. The normalized spacial score (nSPS) is 13.7. The van der Waals surface area contributed by atoms with Crippen LogP contribution in [-0.4, -0.2) is 44.2 Å². The molecule has 164 valence electrons. The minimum absolute atomic E-state index is 0. The molecule has 1 aromatic heterocycles. The van der Waals surface area contributed by atoms with Gasteiger partial charge >= 0.3 is 0 Å². The van der Waals surface area contributed by atoms with Gasteiger partial charge in [0.25, 0.3) is 0 Å². The summed E-state index contributed by atoms with van der Waals surface area (Å²) in [5.41, 5.74) is 3.63. The molecule has 3 rings (SSSR count). The van der Waals surface area contributed by atoms with E-state index in [1.54, 1.807) is 7.11 Å². The van der Waals surface area contributed by atoms with Crippen molar-refractivity contribution in [1.29, 1.82) is 0 Å². The number of hydrogen-bond acceptors (Lipinski definition) is 4. The minimum atomic E-state index is 0. The number of rotatable bonds is 8. The number of nitrogens with zero attached hydrogens (tertiary/aromatic N) is 3. The molecule has 1 aliphatic rings. The molecule has 0 radical (unpaired) electrons. The fourth-order valence-electron chi connectivity index (χ4n) is 3.61. The molecule has 0 atom stereocenters. The Morgan fingerprint density at radius 3 is 2.70 bits per heavy atom. The molecule has 0 aliphatic carbocycles. The molecule has 1 aromatic carbocycles. The number of aryl methyl sites for hydroxylation is 1. The van der Waals surface area contributed by atoms with Crippen molar-refractivity contribution in [3.63, 3.8) is 0 Å². The van der Waals surface area contributed by atoms with E-state index in [1.165, 1.54) is 29.5 Å².